The lowest BCUT2D eigenvalue weighted by molar-refractivity contribution is -0.136. The normalized spacial score (nSPS) is 21.8. The van der Waals surface area contributed by atoms with Crippen LogP contribution < -0.4 is 4.74 Å². The summed E-state index contributed by atoms with van der Waals surface area (Å²) in [5.41, 5.74) is -0.163. The SMILES string of the molecule is CCS(=O)(=O)N(CCCC(F)(F)F)C1CC2(CCCCC2)Oc2ccc(F)cc21. The summed E-state index contributed by atoms with van der Waals surface area (Å²) in [4.78, 5) is 0. The minimum absolute atomic E-state index is 0.228. The number of hydrogen-bond donors (Lipinski definition) is 0. The molecule has 1 fully saturated rings. The van der Waals surface area contributed by atoms with Crippen molar-refractivity contribution >= 4 is 10.0 Å². The van der Waals surface area contributed by atoms with Gasteiger partial charge in [0.1, 0.15) is 17.2 Å². The smallest absolute Gasteiger partial charge is 0.389 e. The van der Waals surface area contributed by atoms with Crippen molar-refractivity contribution in [1.29, 1.82) is 0 Å². The molecule has 2 aliphatic rings. The van der Waals surface area contributed by atoms with Crippen molar-refractivity contribution in [3.05, 3.63) is 29.6 Å². The Morgan fingerprint density at radius 1 is 1.21 bits per heavy atom. The summed E-state index contributed by atoms with van der Waals surface area (Å²) in [5, 5.41) is 0. The van der Waals surface area contributed by atoms with Crippen molar-refractivity contribution in [1.82, 2.24) is 4.31 Å². The number of sulfonamides is 1. The molecule has 0 N–H and O–H groups in total. The van der Waals surface area contributed by atoms with Crippen LogP contribution in [0.3, 0.4) is 0 Å². The molecule has 9 heteroatoms. The van der Waals surface area contributed by atoms with Crippen LogP contribution in [0.1, 0.15) is 69.9 Å². The third-order valence-electron chi connectivity index (χ3n) is 5.90. The van der Waals surface area contributed by atoms with Crippen LogP contribution in [-0.2, 0) is 10.0 Å². The van der Waals surface area contributed by atoms with E-state index in [1.54, 1.807) is 0 Å². The average molecular weight is 437 g/mol. The van der Waals surface area contributed by atoms with Crippen LogP contribution in [0.15, 0.2) is 18.2 Å². The molecule has 1 aromatic carbocycles. The van der Waals surface area contributed by atoms with E-state index in [2.05, 4.69) is 0 Å². The van der Waals surface area contributed by atoms with Crippen LogP contribution in [-0.4, -0.2) is 36.8 Å². The van der Waals surface area contributed by atoms with Gasteiger partial charge in [0.25, 0.3) is 0 Å². The van der Waals surface area contributed by atoms with Crippen LogP contribution >= 0.6 is 0 Å². The fourth-order valence-corrected chi connectivity index (χ4v) is 5.77. The summed E-state index contributed by atoms with van der Waals surface area (Å²) in [6.07, 6.45) is -0.971. The largest absolute Gasteiger partial charge is 0.487 e. The highest BCUT2D eigenvalue weighted by Gasteiger charge is 2.46. The molecule has 0 radical (unpaired) electrons. The Morgan fingerprint density at radius 2 is 1.90 bits per heavy atom. The molecule has 0 bridgehead atoms. The van der Waals surface area contributed by atoms with E-state index in [1.807, 2.05) is 0 Å². The Bertz CT molecular complexity index is 820. The van der Waals surface area contributed by atoms with Gasteiger partial charge >= 0.3 is 6.18 Å². The second-order valence-electron chi connectivity index (χ2n) is 7.98. The lowest BCUT2D eigenvalue weighted by Crippen LogP contribution is -2.48. The zero-order valence-corrected chi connectivity index (χ0v) is 17.3. The number of fused-ring (bicyclic) bond motifs is 1. The Kier molecular flexibility index (Phi) is 6.48. The van der Waals surface area contributed by atoms with Gasteiger partial charge in [-0.15, -0.1) is 0 Å². The molecule has 1 aliphatic carbocycles. The number of hydrogen-bond acceptors (Lipinski definition) is 3. The van der Waals surface area contributed by atoms with E-state index in [0.29, 0.717) is 17.7 Å². The summed E-state index contributed by atoms with van der Waals surface area (Å²) < 4.78 is 85.0. The number of ether oxygens (including phenoxy) is 1. The Hall–Kier alpha value is -1.35. The predicted octanol–water partition coefficient (Wildman–Crippen LogP) is 5.35. The standard InChI is InChI=1S/C20H27F4NO3S/c1-2-29(26,27)25(12-6-11-20(22,23)24)17-14-19(9-4-3-5-10-19)28-18-8-7-15(21)13-16(17)18/h7-8,13,17H,2-6,9-12,14H2,1H3. The lowest BCUT2D eigenvalue weighted by Gasteiger charge is -2.47. The van der Waals surface area contributed by atoms with Gasteiger partial charge in [-0.05, 0) is 57.2 Å². The van der Waals surface area contributed by atoms with Gasteiger partial charge in [0.15, 0.2) is 0 Å². The maximum atomic E-state index is 14.0. The van der Waals surface area contributed by atoms with Crippen LogP contribution in [0.4, 0.5) is 17.6 Å². The third-order valence-corrected chi connectivity index (χ3v) is 7.78. The quantitative estimate of drug-likeness (QED) is 0.564. The summed E-state index contributed by atoms with van der Waals surface area (Å²) in [7, 11) is -3.80. The second-order valence-corrected chi connectivity index (χ2v) is 10.2. The average Bonchev–Trinajstić information content (AvgIpc) is 2.65. The summed E-state index contributed by atoms with van der Waals surface area (Å²) in [5.74, 6) is -0.327. The summed E-state index contributed by atoms with van der Waals surface area (Å²) in [6.45, 7) is 1.21. The van der Waals surface area contributed by atoms with Crippen molar-refractivity contribution < 1.29 is 30.7 Å². The highest BCUT2D eigenvalue weighted by molar-refractivity contribution is 7.89. The Morgan fingerprint density at radius 3 is 2.52 bits per heavy atom. The molecule has 4 nitrogen and oxygen atoms in total. The zero-order chi connectivity index (χ0) is 21.3. The van der Waals surface area contributed by atoms with Gasteiger partial charge in [0.2, 0.25) is 10.0 Å². The van der Waals surface area contributed by atoms with E-state index in [4.69, 9.17) is 4.74 Å². The van der Waals surface area contributed by atoms with Crippen molar-refractivity contribution in [2.75, 3.05) is 12.3 Å². The fraction of sp³-hybridized carbons (Fsp3) is 0.700. The van der Waals surface area contributed by atoms with Crippen LogP contribution in [0.2, 0.25) is 0 Å². The van der Waals surface area contributed by atoms with E-state index in [0.717, 1.165) is 36.4 Å². The van der Waals surface area contributed by atoms with Gasteiger partial charge in [0.05, 0.1) is 11.8 Å². The molecule has 1 saturated carbocycles. The molecule has 1 unspecified atom stereocenters. The third kappa shape index (κ3) is 5.23. The topological polar surface area (TPSA) is 46.6 Å². The molecule has 1 aliphatic heterocycles. The maximum absolute atomic E-state index is 14.0. The second kappa shape index (κ2) is 8.41. The van der Waals surface area contributed by atoms with E-state index in [-0.39, 0.29) is 18.7 Å². The molecule has 3 rings (SSSR count). The highest BCUT2D eigenvalue weighted by atomic mass is 32.2. The van der Waals surface area contributed by atoms with Crippen molar-refractivity contribution in [3.63, 3.8) is 0 Å². The number of benzene rings is 1. The molecule has 29 heavy (non-hydrogen) atoms. The van der Waals surface area contributed by atoms with Crippen LogP contribution in [0, 0.1) is 5.82 Å². The number of alkyl halides is 3. The minimum atomic E-state index is -4.36. The lowest BCUT2D eigenvalue weighted by atomic mass is 9.77. The Labute approximate surface area is 169 Å². The van der Waals surface area contributed by atoms with Crippen LogP contribution in [0.25, 0.3) is 0 Å². The molecular weight excluding hydrogens is 410 g/mol. The highest BCUT2D eigenvalue weighted by Crippen LogP contribution is 2.49. The molecule has 1 aromatic rings. The van der Waals surface area contributed by atoms with Crippen molar-refractivity contribution in [3.8, 4) is 5.75 Å². The predicted molar refractivity (Wildman–Crippen MR) is 102 cm³/mol. The first-order valence-electron chi connectivity index (χ1n) is 10.1. The van der Waals surface area contributed by atoms with Gasteiger partial charge in [-0.3, -0.25) is 0 Å². The molecule has 0 saturated heterocycles. The van der Waals surface area contributed by atoms with Gasteiger partial charge in [-0.2, -0.15) is 17.5 Å². The molecule has 1 atom stereocenters. The van der Waals surface area contributed by atoms with E-state index in [9.17, 15) is 26.0 Å². The van der Waals surface area contributed by atoms with E-state index >= 15 is 0 Å². The molecule has 0 amide bonds. The fourth-order valence-electron chi connectivity index (χ4n) is 4.46. The Balaban J connectivity index is 1.98. The van der Waals surface area contributed by atoms with Gasteiger partial charge in [-0.1, -0.05) is 6.42 Å². The maximum Gasteiger partial charge on any atom is 0.389 e. The monoisotopic (exact) mass is 437 g/mol. The van der Waals surface area contributed by atoms with Crippen LogP contribution in [0.5, 0.6) is 5.75 Å². The number of nitrogens with zero attached hydrogens (tertiary/aromatic N) is 1. The summed E-state index contributed by atoms with van der Waals surface area (Å²) >= 11 is 0. The van der Waals surface area contributed by atoms with Crippen molar-refractivity contribution in [2.45, 2.75) is 76.1 Å². The zero-order valence-electron chi connectivity index (χ0n) is 16.5. The molecule has 0 aromatic heterocycles. The first-order chi connectivity index (χ1) is 13.6. The minimum Gasteiger partial charge on any atom is -0.487 e. The molecular formula is C20H27F4NO3S. The van der Waals surface area contributed by atoms with Gasteiger partial charge in [-0.25, -0.2) is 12.8 Å². The summed E-state index contributed by atoms with van der Waals surface area (Å²) in [6, 6.07) is 3.28. The molecule has 1 spiro atoms. The number of rotatable bonds is 6. The first-order valence-corrected chi connectivity index (χ1v) is 11.7. The molecule has 1 heterocycles. The van der Waals surface area contributed by atoms with Crippen molar-refractivity contribution in [2.24, 2.45) is 0 Å². The van der Waals surface area contributed by atoms with E-state index < -0.39 is 40.1 Å². The van der Waals surface area contributed by atoms with Gasteiger partial charge in [0, 0.05) is 24.9 Å². The first kappa shape index (κ1) is 22.3. The molecule has 164 valence electrons. The van der Waals surface area contributed by atoms with Gasteiger partial charge < -0.3 is 4.74 Å². The van der Waals surface area contributed by atoms with E-state index in [1.165, 1.54) is 25.1 Å². The number of halogens is 4.